The van der Waals surface area contributed by atoms with Crippen molar-refractivity contribution < 1.29 is 9.59 Å². The Balaban J connectivity index is 1.76. The minimum Gasteiger partial charge on any atom is -0.355 e. The lowest BCUT2D eigenvalue weighted by atomic mass is 9.96. The molecule has 0 unspecified atom stereocenters. The van der Waals surface area contributed by atoms with Crippen molar-refractivity contribution in [3.05, 3.63) is 33.8 Å². The van der Waals surface area contributed by atoms with Crippen LogP contribution < -0.4 is 5.32 Å². The number of carbonyl (C=O) groups is 2. The van der Waals surface area contributed by atoms with Crippen LogP contribution >= 0.6 is 23.2 Å². The molecule has 22 heavy (non-hydrogen) atoms. The van der Waals surface area contributed by atoms with E-state index in [1.807, 2.05) is 17.0 Å². The zero-order valence-electron chi connectivity index (χ0n) is 12.1. The van der Waals surface area contributed by atoms with Gasteiger partial charge in [-0.3, -0.25) is 9.59 Å². The van der Waals surface area contributed by atoms with E-state index in [-0.39, 0.29) is 23.8 Å². The summed E-state index contributed by atoms with van der Waals surface area (Å²) in [7, 11) is 0. The fraction of sp³-hybridized carbons (Fsp3) is 0.500. The highest BCUT2D eigenvalue weighted by Crippen LogP contribution is 2.36. The van der Waals surface area contributed by atoms with Gasteiger partial charge in [0.15, 0.2) is 0 Å². The van der Waals surface area contributed by atoms with Gasteiger partial charge < -0.3 is 10.2 Å². The van der Waals surface area contributed by atoms with Crippen LogP contribution in [0.3, 0.4) is 0 Å². The Bertz CT molecular complexity index is 596. The number of likely N-dealkylation sites (tertiary alicyclic amines) is 1. The molecule has 6 heteroatoms. The number of amides is 2. The van der Waals surface area contributed by atoms with E-state index >= 15 is 0 Å². The maximum absolute atomic E-state index is 12.8. The predicted octanol–water partition coefficient (Wildman–Crippen LogP) is 3.18. The third kappa shape index (κ3) is 3.08. The third-order valence-corrected chi connectivity index (χ3v) is 5.22. The average Bonchev–Trinajstić information content (AvgIpc) is 2.99. The standard InChI is InChI=1S/C16H18Cl2N2O2/c17-12-5-3-10(8-13(12)18)14-2-1-7-20(14)16(22)11-4-6-15(21)19-9-11/h3,5,8,11,14H,1-2,4,6-7,9H2,(H,19,21)/t11-,14+/m1/s1. The van der Waals surface area contributed by atoms with Gasteiger partial charge in [0.1, 0.15) is 0 Å². The van der Waals surface area contributed by atoms with E-state index in [0.29, 0.717) is 29.4 Å². The summed E-state index contributed by atoms with van der Waals surface area (Å²) >= 11 is 12.1. The van der Waals surface area contributed by atoms with E-state index in [1.54, 1.807) is 6.07 Å². The van der Waals surface area contributed by atoms with Crippen LogP contribution in [0, 0.1) is 5.92 Å². The summed E-state index contributed by atoms with van der Waals surface area (Å²) < 4.78 is 0. The number of hydrogen-bond acceptors (Lipinski definition) is 2. The lowest BCUT2D eigenvalue weighted by Gasteiger charge is -2.31. The summed E-state index contributed by atoms with van der Waals surface area (Å²) in [5.41, 5.74) is 1.03. The highest BCUT2D eigenvalue weighted by atomic mass is 35.5. The molecule has 0 aromatic heterocycles. The quantitative estimate of drug-likeness (QED) is 0.898. The number of nitrogens with one attached hydrogen (secondary N) is 1. The van der Waals surface area contributed by atoms with Crippen molar-refractivity contribution in [2.75, 3.05) is 13.1 Å². The molecule has 2 heterocycles. The molecule has 0 bridgehead atoms. The first-order chi connectivity index (χ1) is 10.6. The molecular weight excluding hydrogens is 323 g/mol. The summed E-state index contributed by atoms with van der Waals surface area (Å²) in [6.45, 7) is 1.20. The second-order valence-corrected chi connectivity index (χ2v) is 6.72. The molecule has 0 saturated carbocycles. The number of piperidine rings is 1. The SMILES string of the molecule is O=C1CC[C@@H](C(=O)N2CCC[C@H]2c2ccc(Cl)c(Cl)c2)CN1. The van der Waals surface area contributed by atoms with Gasteiger partial charge >= 0.3 is 0 Å². The predicted molar refractivity (Wildman–Crippen MR) is 85.9 cm³/mol. The van der Waals surface area contributed by atoms with Gasteiger partial charge in [-0.2, -0.15) is 0 Å². The molecule has 0 aliphatic carbocycles. The smallest absolute Gasteiger partial charge is 0.227 e. The number of carbonyl (C=O) groups excluding carboxylic acids is 2. The van der Waals surface area contributed by atoms with Gasteiger partial charge in [-0.15, -0.1) is 0 Å². The fourth-order valence-electron chi connectivity index (χ4n) is 3.27. The maximum Gasteiger partial charge on any atom is 0.227 e. The van der Waals surface area contributed by atoms with Crippen molar-refractivity contribution in [1.29, 1.82) is 0 Å². The van der Waals surface area contributed by atoms with E-state index in [1.165, 1.54) is 0 Å². The summed E-state index contributed by atoms with van der Waals surface area (Å²) in [6, 6.07) is 5.62. The lowest BCUT2D eigenvalue weighted by Crippen LogP contribution is -2.44. The Hall–Kier alpha value is -1.26. The number of nitrogens with zero attached hydrogens (tertiary/aromatic N) is 1. The van der Waals surface area contributed by atoms with Crippen LogP contribution in [0.5, 0.6) is 0 Å². The molecule has 0 radical (unpaired) electrons. The maximum atomic E-state index is 12.8. The van der Waals surface area contributed by atoms with Crippen LogP contribution in [0.25, 0.3) is 0 Å². The monoisotopic (exact) mass is 340 g/mol. The van der Waals surface area contributed by atoms with Gasteiger partial charge in [0.2, 0.25) is 11.8 Å². The van der Waals surface area contributed by atoms with Gasteiger partial charge in [0, 0.05) is 19.5 Å². The third-order valence-electron chi connectivity index (χ3n) is 4.48. The van der Waals surface area contributed by atoms with Gasteiger partial charge in [-0.1, -0.05) is 29.3 Å². The summed E-state index contributed by atoms with van der Waals surface area (Å²) in [6.07, 6.45) is 2.98. The van der Waals surface area contributed by atoms with E-state index < -0.39 is 0 Å². The second-order valence-electron chi connectivity index (χ2n) is 5.90. The van der Waals surface area contributed by atoms with E-state index in [9.17, 15) is 9.59 Å². The van der Waals surface area contributed by atoms with Crippen LogP contribution in [0.2, 0.25) is 10.0 Å². The van der Waals surface area contributed by atoms with E-state index in [2.05, 4.69) is 5.32 Å². The number of halogens is 2. The number of hydrogen-bond donors (Lipinski definition) is 1. The Morgan fingerprint density at radius 2 is 2.05 bits per heavy atom. The minimum atomic E-state index is -0.110. The summed E-state index contributed by atoms with van der Waals surface area (Å²) in [4.78, 5) is 25.9. The molecule has 1 aromatic rings. The molecule has 2 amide bonds. The molecule has 2 atom stereocenters. The van der Waals surface area contributed by atoms with Crippen LogP contribution in [-0.4, -0.2) is 29.8 Å². The van der Waals surface area contributed by atoms with E-state index in [0.717, 1.165) is 24.9 Å². The molecule has 1 aromatic carbocycles. The zero-order chi connectivity index (χ0) is 15.7. The normalized spacial score (nSPS) is 25.2. The van der Waals surface area contributed by atoms with Crippen LogP contribution in [0.4, 0.5) is 0 Å². The van der Waals surface area contributed by atoms with Gasteiger partial charge in [-0.05, 0) is 37.0 Å². The fourth-order valence-corrected chi connectivity index (χ4v) is 3.58. The Kier molecular flexibility index (Phi) is 4.59. The molecule has 2 fully saturated rings. The molecule has 3 rings (SSSR count). The first-order valence-electron chi connectivity index (χ1n) is 7.58. The van der Waals surface area contributed by atoms with E-state index in [4.69, 9.17) is 23.2 Å². The van der Waals surface area contributed by atoms with Gasteiger partial charge in [-0.25, -0.2) is 0 Å². The molecule has 2 saturated heterocycles. The van der Waals surface area contributed by atoms with Gasteiger partial charge in [0.25, 0.3) is 0 Å². The van der Waals surface area contributed by atoms with Crippen molar-refractivity contribution >= 4 is 35.0 Å². The van der Waals surface area contributed by atoms with Gasteiger partial charge in [0.05, 0.1) is 22.0 Å². The number of rotatable bonds is 2. The topological polar surface area (TPSA) is 49.4 Å². The first-order valence-corrected chi connectivity index (χ1v) is 8.34. The largest absolute Gasteiger partial charge is 0.355 e. The summed E-state index contributed by atoms with van der Waals surface area (Å²) in [5, 5.41) is 3.82. The first kappa shape index (κ1) is 15.6. The average molecular weight is 341 g/mol. The van der Waals surface area contributed by atoms with Crippen molar-refractivity contribution in [3.63, 3.8) is 0 Å². The Labute approximate surface area is 139 Å². The molecular formula is C16H18Cl2N2O2. The van der Waals surface area contributed by atoms with Crippen LogP contribution in [-0.2, 0) is 9.59 Å². The van der Waals surface area contributed by atoms with Crippen molar-refractivity contribution in [2.45, 2.75) is 31.7 Å². The molecule has 2 aliphatic heterocycles. The van der Waals surface area contributed by atoms with Crippen LogP contribution in [0.15, 0.2) is 18.2 Å². The summed E-state index contributed by atoms with van der Waals surface area (Å²) in [5.74, 6) is 0.0566. The van der Waals surface area contributed by atoms with Crippen molar-refractivity contribution in [2.24, 2.45) is 5.92 Å². The molecule has 2 aliphatic rings. The lowest BCUT2D eigenvalue weighted by molar-refractivity contribution is -0.138. The molecule has 4 nitrogen and oxygen atoms in total. The zero-order valence-corrected chi connectivity index (χ0v) is 13.7. The minimum absolute atomic E-state index is 0.0338. The van der Waals surface area contributed by atoms with Crippen LogP contribution in [0.1, 0.15) is 37.3 Å². The Morgan fingerprint density at radius 1 is 1.23 bits per heavy atom. The molecule has 118 valence electrons. The highest BCUT2D eigenvalue weighted by molar-refractivity contribution is 6.42. The molecule has 0 spiro atoms. The van der Waals surface area contributed by atoms with Crippen molar-refractivity contribution in [3.8, 4) is 0 Å². The molecule has 1 N–H and O–H groups in total. The second kappa shape index (κ2) is 6.47. The Morgan fingerprint density at radius 3 is 2.73 bits per heavy atom. The number of benzene rings is 1. The van der Waals surface area contributed by atoms with Crippen molar-refractivity contribution in [1.82, 2.24) is 10.2 Å². The highest BCUT2D eigenvalue weighted by Gasteiger charge is 2.35.